The van der Waals surface area contributed by atoms with Crippen molar-refractivity contribution < 1.29 is 52.4 Å². The predicted octanol–water partition coefficient (Wildman–Crippen LogP) is 9.55. The van der Waals surface area contributed by atoms with E-state index < -0.39 is 5.91 Å². The lowest BCUT2D eigenvalue weighted by atomic mass is 10.0. The van der Waals surface area contributed by atoms with Gasteiger partial charge in [-0.3, -0.25) is 34.0 Å². The van der Waals surface area contributed by atoms with Crippen molar-refractivity contribution >= 4 is 68.9 Å². The Balaban J connectivity index is 0.611. The van der Waals surface area contributed by atoms with Crippen molar-refractivity contribution in [3.05, 3.63) is 160 Å². The second-order valence-corrected chi connectivity index (χ2v) is 21.8. The van der Waals surface area contributed by atoms with E-state index in [9.17, 15) is 24.4 Å². The smallest absolute Gasteiger partial charge is 0.262 e. The molecule has 476 valence electrons. The molecule has 0 spiro atoms. The number of nitriles is 1. The largest absolute Gasteiger partial charge is 0.488 e. The third-order valence-corrected chi connectivity index (χ3v) is 14.5. The fourth-order valence-electron chi connectivity index (χ4n) is 9.27. The summed E-state index contributed by atoms with van der Waals surface area (Å²) in [4.78, 5) is 78.4. The number of halogens is 1. The summed E-state index contributed by atoms with van der Waals surface area (Å²) >= 11 is 3.30. The number of aromatic nitrogens is 4. The molecule has 90 heavy (non-hydrogen) atoms. The number of pyridine rings is 2. The van der Waals surface area contributed by atoms with E-state index in [1.54, 1.807) is 48.9 Å². The summed E-state index contributed by atoms with van der Waals surface area (Å²) in [6, 6.07) is 33.3. The quantitative estimate of drug-likeness (QED) is 0.00805. The van der Waals surface area contributed by atoms with Crippen molar-refractivity contribution in [3.63, 3.8) is 0 Å². The fraction of sp³-hybridized carbons (Fsp3) is 0.403. The first kappa shape index (κ1) is 69.3. The van der Waals surface area contributed by atoms with Gasteiger partial charge < -0.3 is 49.2 Å². The van der Waals surface area contributed by atoms with Gasteiger partial charge in [0.2, 0.25) is 5.95 Å². The first-order valence-electron chi connectivity index (χ1n) is 30.3. The molecule has 23 heteroatoms. The molecule has 0 radical (unpaired) electrons. The zero-order valence-electron chi connectivity index (χ0n) is 51.2. The van der Waals surface area contributed by atoms with Crippen LogP contribution in [0.2, 0.25) is 0 Å². The van der Waals surface area contributed by atoms with E-state index in [-0.39, 0.29) is 42.3 Å². The minimum absolute atomic E-state index is 0.0410. The van der Waals surface area contributed by atoms with Crippen molar-refractivity contribution in [3.8, 4) is 23.1 Å². The van der Waals surface area contributed by atoms with Gasteiger partial charge in [0.05, 0.1) is 83.0 Å². The van der Waals surface area contributed by atoms with Crippen molar-refractivity contribution in [2.24, 2.45) is 5.16 Å². The molecule has 3 aromatic heterocycles. The van der Waals surface area contributed by atoms with Gasteiger partial charge in [0.25, 0.3) is 11.8 Å². The number of ketones is 2. The van der Waals surface area contributed by atoms with Gasteiger partial charge >= 0.3 is 0 Å². The molecule has 3 aromatic carbocycles. The number of Topliss-reactive ketones (excluding diaryl/α,β-unsaturated/α-hetero) is 2. The predicted molar refractivity (Wildman–Crippen MR) is 346 cm³/mol. The molecule has 0 aliphatic carbocycles. The number of piperazine rings is 1. The second kappa shape index (κ2) is 39.7. The van der Waals surface area contributed by atoms with Crippen molar-refractivity contribution in [2.75, 3.05) is 123 Å². The number of nitrogens with zero attached hydrogens (tertiary/aromatic N) is 8. The molecular formula is C67H80BrN11O11. The average molecular weight is 1300 g/mol. The molecule has 4 heterocycles. The minimum atomic E-state index is -0.480. The molecule has 3 N–H and O–H groups in total. The third kappa shape index (κ3) is 25.7. The highest BCUT2D eigenvalue weighted by Gasteiger charge is 2.21. The van der Waals surface area contributed by atoms with Gasteiger partial charge in [-0.1, -0.05) is 54.9 Å². The number of anilines is 3. The Labute approximate surface area is 534 Å². The maximum absolute atomic E-state index is 13.3. The van der Waals surface area contributed by atoms with Crippen LogP contribution in [0.4, 0.5) is 17.3 Å². The minimum Gasteiger partial charge on any atom is -0.488 e. The molecule has 1 saturated heterocycles. The molecule has 7 rings (SSSR count). The number of oxime groups is 1. The van der Waals surface area contributed by atoms with Crippen LogP contribution in [0.3, 0.4) is 0 Å². The van der Waals surface area contributed by atoms with Gasteiger partial charge in [-0.2, -0.15) is 5.26 Å². The van der Waals surface area contributed by atoms with Crippen LogP contribution in [0.1, 0.15) is 84.2 Å². The molecule has 2 amide bonds. The summed E-state index contributed by atoms with van der Waals surface area (Å²) in [5.41, 5.74) is 7.06. The Hall–Kier alpha value is -8.18. The Bertz CT molecular complexity index is 3270. The maximum atomic E-state index is 13.3. The van der Waals surface area contributed by atoms with Gasteiger partial charge in [0.1, 0.15) is 34.4 Å². The van der Waals surface area contributed by atoms with Crippen molar-refractivity contribution in [1.29, 1.82) is 5.26 Å². The van der Waals surface area contributed by atoms with Crippen LogP contribution in [-0.2, 0) is 49.5 Å². The van der Waals surface area contributed by atoms with E-state index in [2.05, 4.69) is 66.8 Å². The molecule has 1 aliphatic rings. The first-order chi connectivity index (χ1) is 44.0. The SMILES string of the molecule is CCCC(NC(=O)/C(C#N)=C/c1cccc(Br)n1)c1ccc(OCC=NOCC(=O)CCCOCCOCCOCCOCCOCCCC(=O)CN2CCN(Cc3ccc(C(=O)Nc4ccc(C)c(Nc5nccc(-c6cccnc6)n5)c4)cc3)CC2)cc1. The van der Waals surface area contributed by atoms with E-state index in [0.29, 0.717) is 138 Å². The summed E-state index contributed by atoms with van der Waals surface area (Å²) in [6.45, 7) is 12.9. The number of nitrogens with one attached hydrogen (secondary N) is 3. The van der Waals surface area contributed by atoms with E-state index in [4.69, 9.17) is 33.3 Å². The fourth-order valence-corrected chi connectivity index (χ4v) is 9.63. The van der Waals surface area contributed by atoms with E-state index >= 15 is 0 Å². The summed E-state index contributed by atoms with van der Waals surface area (Å²) in [5, 5.41) is 22.7. The highest BCUT2D eigenvalue weighted by atomic mass is 79.9. The number of rotatable bonds is 41. The number of hydrogen-bond donors (Lipinski definition) is 3. The number of benzene rings is 3. The van der Waals surface area contributed by atoms with Crippen molar-refractivity contribution in [2.45, 2.75) is 65.0 Å². The number of amides is 2. The third-order valence-electron chi connectivity index (χ3n) is 14.1. The summed E-state index contributed by atoms with van der Waals surface area (Å²) in [5.74, 6) is 0.466. The molecule has 1 atom stereocenters. The molecule has 1 unspecified atom stereocenters. The van der Waals surface area contributed by atoms with Crippen LogP contribution in [-0.4, -0.2) is 171 Å². The standard InChI is InChI=1S/C67H80BrN11O11/c1-3-8-61(75-66(83)55(45-69)43-56-10-4-13-64(68)73-56)52-19-22-60(23-20-52)89-34-27-72-90-49-59(81)12-7-33-85-36-38-87-40-42-88-41-39-86-37-35-84-32-6-11-58(80)48-79-30-28-78(29-31-79)47-51-15-17-53(18-16-51)65(82)74-57-21-14-50(2)63(44-57)77-67-71-26-24-62(76-67)54-9-5-25-70-46-54/h4-5,9-10,13-27,43-44,46,61H,3,6-8,11-12,28-42,47-49H2,1-2H3,(H,74,82)(H,75,83)(H,71,76,77)/b55-43+,72-27?. The second-order valence-electron chi connectivity index (χ2n) is 21.0. The molecule has 0 saturated carbocycles. The highest BCUT2D eigenvalue weighted by molar-refractivity contribution is 9.10. The number of ether oxygens (including phenoxy) is 6. The first-order valence-corrected chi connectivity index (χ1v) is 31.1. The molecular weight excluding hydrogens is 1210 g/mol. The van der Waals surface area contributed by atoms with Gasteiger partial charge in [-0.15, -0.1) is 0 Å². The van der Waals surface area contributed by atoms with E-state index in [0.717, 1.165) is 72.8 Å². The lowest BCUT2D eigenvalue weighted by Crippen LogP contribution is -2.47. The van der Waals surface area contributed by atoms with Gasteiger partial charge in [-0.05, 0) is 132 Å². The Morgan fingerprint density at radius 1 is 0.756 bits per heavy atom. The van der Waals surface area contributed by atoms with Crippen LogP contribution >= 0.6 is 15.9 Å². The van der Waals surface area contributed by atoms with E-state index in [1.807, 2.05) is 92.7 Å². The molecule has 22 nitrogen and oxygen atoms in total. The lowest BCUT2D eigenvalue weighted by molar-refractivity contribution is -0.124. The Kier molecular flexibility index (Phi) is 30.6. The number of aryl methyl sites for hydroxylation is 1. The monoisotopic (exact) mass is 1290 g/mol. The zero-order valence-corrected chi connectivity index (χ0v) is 52.8. The van der Waals surface area contributed by atoms with Crippen LogP contribution in [0.15, 0.2) is 137 Å². The van der Waals surface area contributed by atoms with Gasteiger partial charge in [0.15, 0.2) is 12.4 Å². The van der Waals surface area contributed by atoms with Crippen LogP contribution in [0, 0.1) is 18.3 Å². The highest BCUT2D eigenvalue weighted by Crippen LogP contribution is 2.26. The summed E-state index contributed by atoms with van der Waals surface area (Å²) in [6.07, 6.45) is 11.5. The van der Waals surface area contributed by atoms with Crippen molar-refractivity contribution in [1.82, 2.24) is 35.1 Å². The lowest BCUT2D eigenvalue weighted by Gasteiger charge is -2.34. The van der Waals surface area contributed by atoms with Crippen LogP contribution < -0.4 is 20.7 Å². The topological polar surface area (TPSA) is 263 Å². The molecule has 1 fully saturated rings. The summed E-state index contributed by atoms with van der Waals surface area (Å²) < 4.78 is 34.3. The normalized spacial score (nSPS) is 13.2. The summed E-state index contributed by atoms with van der Waals surface area (Å²) in [7, 11) is 0. The molecule has 1 aliphatic heterocycles. The molecule has 0 bridgehead atoms. The Morgan fingerprint density at radius 3 is 2.09 bits per heavy atom. The molecule has 6 aromatic rings. The zero-order chi connectivity index (χ0) is 63.4. The van der Waals surface area contributed by atoms with E-state index in [1.165, 1.54) is 12.3 Å². The van der Waals surface area contributed by atoms with Gasteiger partial charge in [-0.25, -0.2) is 15.0 Å². The van der Waals surface area contributed by atoms with Crippen LogP contribution in [0.5, 0.6) is 5.75 Å². The maximum Gasteiger partial charge on any atom is 0.262 e. The van der Waals surface area contributed by atoms with Crippen LogP contribution in [0.25, 0.3) is 17.3 Å². The number of carbonyl (C=O) groups excluding carboxylic acids is 4. The Morgan fingerprint density at radius 2 is 1.43 bits per heavy atom. The number of carbonyl (C=O) groups is 4. The van der Waals surface area contributed by atoms with Gasteiger partial charge in [0, 0.05) is 99.9 Å². The number of hydrogen-bond acceptors (Lipinski definition) is 20. The average Bonchev–Trinajstić information content (AvgIpc) is 2.11.